The topological polar surface area (TPSA) is 60.5 Å². The van der Waals surface area contributed by atoms with Crippen LogP contribution in [-0.4, -0.2) is 24.2 Å². The summed E-state index contributed by atoms with van der Waals surface area (Å²) < 4.78 is 11.8. The Balaban J connectivity index is 1.30. The van der Waals surface area contributed by atoms with Crippen LogP contribution >= 0.6 is 11.3 Å². The van der Waals surface area contributed by atoms with Crippen molar-refractivity contribution in [3.63, 3.8) is 0 Å². The van der Waals surface area contributed by atoms with Crippen LogP contribution in [0.1, 0.15) is 10.6 Å². The van der Waals surface area contributed by atoms with Crippen LogP contribution in [0.5, 0.6) is 11.5 Å². The Labute approximate surface area is 148 Å². The molecule has 1 aliphatic rings. The first-order valence-electron chi connectivity index (χ1n) is 7.98. The largest absolute Gasteiger partial charge is 0.454 e. The molecule has 5 nitrogen and oxygen atoms in total. The molecule has 3 aromatic rings. The minimum Gasteiger partial charge on any atom is -0.454 e. The van der Waals surface area contributed by atoms with Crippen molar-refractivity contribution < 1.29 is 14.3 Å². The number of benzene rings is 2. The molecular formula is C19H16N2O3S. The second-order valence-electron chi connectivity index (χ2n) is 5.58. The summed E-state index contributed by atoms with van der Waals surface area (Å²) in [6.45, 7) is 0.828. The zero-order valence-corrected chi connectivity index (χ0v) is 14.2. The summed E-state index contributed by atoms with van der Waals surface area (Å²) in [6.07, 6.45) is 4.01. The SMILES string of the molecule is O=C(/C=C/c1nc2ccccc2s1)NCCc1ccc2c(c1)OCO2. The number of hydrogen-bond donors (Lipinski definition) is 1. The zero-order chi connectivity index (χ0) is 17.1. The molecule has 0 bridgehead atoms. The Hall–Kier alpha value is -2.86. The van der Waals surface area contributed by atoms with Gasteiger partial charge in [-0.2, -0.15) is 0 Å². The fraction of sp³-hybridized carbons (Fsp3) is 0.158. The third kappa shape index (κ3) is 3.64. The highest BCUT2D eigenvalue weighted by molar-refractivity contribution is 7.19. The summed E-state index contributed by atoms with van der Waals surface area (Å²) in [5.41, 5.74) is 2.05. The van der Waals surface area contributed by atoms with Gasteiger partial charge in [0, 0.05) is 12.6 Å². The minimum absolute atomic E-state index is 0.125. The van der Waals surface area contributed by atoms with Crippen LogP contribution in [-0.2, 0) is 11.2 Å². The van der Waals surface area contributed by atoms with E-state index in [-0.39, 0.29) is 12.7 Å². The van der Waals surface area contributed by atoms with Gasteiger partial charge in [-0.1, -0.05) is 18.2 Å². The molecule has 0 saturated heterocycles. The van der Waals surface area contributed by atoms with E-state index < -0.39 is 0 Å². The summed E-state index contributed by atoms with van der Waals surface area (Å²) in [6, 6.07) is 13.8. The lowest BCUT2D eigenvalue weighted by Crippen LogP contribution is -2.23. The molecule has 126 valence electrons. The normalized spacial score (nSPS) is 12.8. The van der Waals surface area contributed by atoms with Crippen molar-refractivity contribution in [2.75, 3.05) is 13.3 Å². The first kappa shape index (κ1) is 15.7. The van der Waals surface area contributed by atoms with Gasteiger partial charge in [-0.3, -0.25) is 4.79 Å². The number of hydrogen-bond acceptors (Lipinski definition) is 5. The van der Waals surface area contributed by atoms with Crippen molar-refractivity contribution in [2.45, 2.75) is 6.42 Å². The van der Waals surface area contributed by atoms with Gasteiger partial charge in [0.1, 0.15) is 5.01 Å². The number of fused-ring (bicyclic) bond motifs is 2. The highest BCUT2D eigenvalue weighted by Gasteiger charge is 2.12. The summed E-state index contributed by atoms with van der Waals surface area (Å²) in [5.74, 6) is 1.41. The predicted molar refractivity (Wildman–Crippen MR) is 97.9 cm³/mol. The Morgan fingerprint density at radius 3 is 3.00 bits per heavy atom. The fourth-order valence-electron chi connectivity index (χ4n) is 2.59. The molecule has 0 fully saturated rings. The van der Waals surface area contributed by atoms with E-state index in [2.05, 4.69) is 10.3 Å². The summed E-state index contributed by atoms with van der Waals surface area (Å²) >= 11 is 1.57. The number of nitrogens with one attached hydrogen (secondary N) is 1. The van der Waals surface area contributed by atoms with Crippen LogP contribution in [0.2, 0.25) is 0 Å². The number of para-hydroxylation sites is 1. The molecule has 2 heterocycles. The van der Waals surface area contributed by atoms with E-state index in [1.165, 1.54) is 6.08 Å². The van der Waals surface area contributed by atoms with E-state index in [1.807, 2.05) is 42.5 Å². The number of carbonyl (C=O) groups excluding carboxylic acids is 1. The van der Waals surface area contributed by atoms with Gasteiger partial charge in [-0.15, -0.1) is 11.3 Å². The van der Waals surface area contributed by atoms with Crippen LogP contribution in [0, 0.1) is 0 Å². The monoisotopic (exact) mass is 352 g/mol. The molecule has 0 radical (unpaired) electrons. The number of aromatic nitrogens is 1. The van der Waals surface area contributed by atoms with E-state index >= 15 is 0 Å². The lowest BCUT2D eigenvalue weighted by atomic mass is 10.1. The average Bonchev–Trinajstić information content (AvgIpc) is 3.25. The maximum atomic E-state index is 11.9. The van der Waals surface area contributed by atoms with Crippen LogP contribution in [0.15, 0.2) is 48.5 Å². The van der Waals surface area contributed by atoms with Gasteiger partial charge in [0.15, 0.2) is 11.5 Å². The van der Waals surface area contributed by atoms with E-state index in [9.17, 15) is 4.79 Å². The third-order valence-electron chi connectivity index (χ3n) is 3.84. The smallest absolute Gasteiger partial charge is 0.244 e. The Morgan fingerprint density at radius 2 is 2.08 bits per heavy atom. The number of rotatable bonds is 5. The van der Waals surface area contributed by atoms with Gasteiger partial charge >= 0.3 is 0 Å². The molecule has 1 aromatic heterocycles. The molecule has 2 aromatic carbocycles. The quantitative estimate of drug-likeness (QED) is 0.715. The maximum Gasteiger partial charge on any atom is 0.244 e. The van der Waals surface area contributed by atoms with Crippen LogP contribution in [0.4, 0.5) is 0 Å². The van der Waals surface area contributed by atoms with E-state index in [1.54, 1.807) is 17.4 Å². The molecule has 0 spiro atoms. The van der Waals surface area contributed by atoms with Gasteiger partial charge in [0.2, 0.25) is 12.7 Å². The fourth-order valence-corrected chi connectivity index (χ4v) is 3.46. The average molecular weight is 352 g/mol. The second-order valence-corrected chi connectivity index (χ2v) is 6.64. The molecule has 0 atom stereocenters. The van der Waals surface area contributed by atoms with E-state index in [4.69, 9.17) is 9.47 Å². The second kappa shape index (κ2) is 6.94. The minimum atomic E-state index is -0.125. The van der Waals surface area contributed by atoms with E-state index in [0.29, 0.717) is 6.54 Å². The molecule has 0 aliphatic carbocycles. The lowest BCUT2D eigenvalue weighted by Gasteiger charge is -2.04. The molecule has 1 amide bonds. The number of nitrogens with zero attached hydrogens (tertiary/aromatic N) is 1. The zero-order valence-electron chi connectivity index (χ0n) is 13.4. The van der Waals surface area contributed by atoms with Gasteiger partial charge in [0.25, 0.3) is 0 Å². The predicted octanol–water partition coefficient (Wildman–Crippen LogP) is 3.40. The number of amides is 1. The van der Waals surface area contributed by atoms with Crippen molar-refractivity contribution in [3.8, 4) is 11.5 Å². The molecule has 1 N–H and O–H groups in total. The maximum absolute atomic E-state index is 11.9. The standard InChI is InChI=1S/C19H16N2O3S/c22-18(7-8-19-21-14-3-1-2-4-17(14)25-19)20-10-9-13-5-6-15-16(11-13)24-12-23-15/h1-8,11H,9-10,12H2,(H,20,22)/b8-7+. The molecule has 6 heteroatoms. The lowest BCUT2D eigenvalue weighted by molar-refractivity contribution is -0.116. The van der Waals surface area contributed by atoms with Crippen LogP contribution in [0.3, 0.4) is 0 Å². The first-order chi connectivity index (χ1) is 12.3. The van der Waals surface area contributed by atoms with Crippen molar-refractivity contribution in [2.24, 2.45) is 0 Å². The Kier molecular flexibility index (Phi) is 4.35. The molecule has 4 rings (SSSR count). The molecule has 0 saturated carbocycles. The van der Waals surface area contributed by atoms with Gasteiger partial charge in [-0.25, -0.2) is 4.98 Å². The van der Waals surface area contributed by atoms with Crippen molar-refractivity contribution in [1.29, 1.82) is 0 Å². The van der Waals surface area contributed by atoms with Gasteiger partial charge in [0.05, 0.1) is 10.2 Å². The summed E-state index contributed by atoms with van der Waals surface area (Å²) in [4.78, 5) is 16.4. The van der Waals surface area contributed by atoms with E-state index in [0.717, 1.165) is 38.7 Å². The molecule has 25 heavy (non-hydrogen) atoms. The molecule has 1 aliphatic heterocycles. The van der Waals surface area contributed by atoms with Gasteiger partial charge in [-0.05, 0) is 42.3 Å². The van der Waals surface area contributed by atoms with Gasteiger partial charge < -0.3 is 14.8 Å². The number of carbonyl (C=O) groups is 1. The molecule has 0 unspecified atom stereocenters. The van der Waals surface area contributed by atoms with Crippen LogP contribution in [0.25, 0.3) is 16.3 Å². The summed E-state index contributed by atoms with van der Waals surface area (Å²) in [7, 11) is 0. The van der Waals surface area contributed by atoms with Crippen molar-refractivity contribution in [3.05, 3.63) is 59.1 Å². The molecular weight excluding hydrogens is 336 g/mol. The number of ether oxygens (including phenoxy) is 2. The van der Waals surface area contributed by atoms with Crippen molar-refractivity contribution in [1.82, 2.24) is 10.3 Å². The first-order valence-corrected chi connectivity index (χ1v) is 8.79. The highest BCUT2D eigenvalue weighted by Crippen LogP contribution is 2.32. The third-order valence-corrected chi connectivity index (χ3v) is 4.84. The van der Waals surface area contributed by atoms with Crippen LogP contribution < -0.4 is 14.8 Å². The number of thiazole rings is 1. The summed E-state index contributed by atoms with van der Waals surface area (Å²) in [5, 5.41) is 3.71. The highest BCUT2D eigenvalue weighted by atomic mass is 32.1. The Morgan fingerprint density at radius 1 is 1.20 bits per heavy atom. The van der Waals surface area contributed by atoms with Crippen molar-refractivity contribution >= 4 is 33.5 Å². The Bertz CT molecular complexity index is 916.